The van der Waals surface area contributed by atoms with E-state index >= 15 is 0 Å². The maximum absolute atomic E-state index is 5.96. The molecule has 1 aromatic rings. The smallest absolute Gasteiger partial charge is 0.155 e. The fraction of sp³-hybridized carbons (Fsp3) is 0.0476. The zero-order valence-corrected chi connectivity index (χ0v) is 14.2. The molecule has 0 amide bonds. The SMILES string of the molecule is C=C/C=C(\C=C)C1=NC(c2ccc(Cl)cc2)=NC1/C(C=C)=C/C=C. The lowest BCUT2D eigenvalue weighted by Gasteiger charge is -2.12. The quantitative estimate of drug-likeness (QED) is 0.588. The van der Waals surface area contributed by atoms with Crippen molar-refractivity contribution in [3.63, 3.8) is 0 Å². The zero-order chi connectivity index (χ0) is 17.5. The molecule has 24 heavy (non-hydrogen) atoms. The van der Waals surface area contributed by atoms with E-state index in [1.807, 2.05) is 36.4 Å². The van der Waals surface area contributed by atoms with Gasteiger partial charge in [0.2, 0.25) is 0 Å². The van der Waals surface area contributed by atoms with Crippen LogP contribution >= 0.6 is 11.6 Å². The van der Waals surface area contributed by atoms with E-state index in [1.165, 1.54) is 0 Å². The molecule has 0 bridgehead atoms. The summed E-state index contributed by atoms with van der Waals surface area (Å²) in [5.74, 6) is 0.653. The van der Waals surface area contributed by atoms with E-state index in [0.29, 0.717) is 10.9 Å². The van der Waals surface area contributed by atoms with Gasteiger partial charge in [0.05, 0.1) is 5.71 Å². The monoisotopic (exact) mass is 334 g/mol. The van der Waals surface area contributed by atoms with Crippen molar-refractivity contribution in [3.05, 3.63) is 109 Å². The van der Waals surface area contributed by atoms with E-state index in [1.54, 1.807) is 24.3 Å². The Kier molecular flexibility index (Phi) is 6.05. The third kappa shape index (κ3) is 3.79. The van der Waals surface area contributed by atoms with Gasteiger partial charge in [0, 0.05) is 10.6 Å². The van der Waals surface area contributed by atoms with Gasteiger partial charge in [-0.25, -0.2) is 4.99 Å². The van der Waals surface area contributed by atoms with Gasteiger partial charge >= 0.3 is 0 Å². The first-order chi connectivity index (χ1) is 11.6. The molecule has 0 radical (unpaired) electrons. The predicted octanol–water partition coefficient (Wildman–Crippen LogP) is 5.51. The normalized spacial score (nSPS) is 17.8. The van der Waals surface area contributed by atoms with E-state index < -0.39 is 0 Å². The van der Waals surface area contributed by atoms with Crippen LogP contribution in [0.15, 0.2) is 108 Å². The van der Waals surface area contributed by atoms with Crippen LogP contribution in [0.4, 0.5) is 0 Å². The lowest BCUT2D eigenvalue weighted by molar-refractivity contribution is 1.05. The zero-order valence-electron chi connectivity index (χ0n) is 13.5. The van der Waals surface area contributed by atoms with Crippen LogP contribution in [-0.2, 0) is 0 Å². The number of hydrogen-bond donors (Lipinski definition) is 0. The van der Waals surface area contributed by atoms with Crippen molar-refractivity contribution in [3.8, 4) is 0 Å². The van der Waals surface area contributed by atoms with Crippen LogP contribution < -0.4 is 0 Å². The second-order valence-corrected chi connectivity index (χ2v) is 5.46. The Balaban J connectivity index is 2.56. The summed E-state index contributed by atoms with van der Waals surface area (Å²) in [6.45, 7) is 15.3. The lowest BCUT2D eigenvalue weighted by Crippen LogP contribution is -2.18. The number of allylic oxidation sites excluding steroid dienone is 5. The van der Waals surface area contributed by atoms with Crippen LogP contribution in [0.1, 0.15) is 5.56 Å². The fourth-order valence-electron chi connectivity index (χ4n) is 2.37. The van der Waals surface area contributed by atoms with Crippen molar-refractivity contribution in [2.24, 2.45) is 9.98 Å². The van der Waals surface area contributed by atoms with Gasteiger partial charge in [0.1, 0.15) is 6.04 Å². The van der Waals surface area contributed by atoms with E-state index in [-0.39, 0.29) is 6.04 Å². The van der Waals surface area contributed by atoms with Gasteiger partial charge in [0.25, 0.3) is 0 Å². The molecule has 1 aliphatic heterocycles. The first-order valence-electron chi connectivity index (χ1n) is 7.47. The number of halogens is 1. The molecule has 0 N–H and O–H groups in total. The molecular formula is C21H19ClN2. The molecule has 0 saturated carbocycles. The number of hydrogen-bond acceptors (Lipinski definition) is 2. The molecule has 2 rings (SSSR count). The van der Waals surface area contributed by atoms with Gasteiger partial charge in [-0.05, 0) is 35.4 Å². The van der Waals surface area contributed by atoms with Crippen molar-refractivity contribution < 1.29 is 0 Å². The minimum Gasteiger partial charge on any atom is -0.251 e. The summed E-state index contributed by atoms with van der Waals surface area (Å²) in [6.07, 6.45) is 10.7. The van der Waals surface area contributed by atoms with E-state index in [4.69, 9.17) is 21.6 Å². The van der Waals surface area contributed by atoms with E-state index in [9.17, 15) is 0 Å². The molecular weight excluding hydrogens is 316 g/mol. The van der Waals surface area contributed by atoms with Gasteiger partial charge in [0.15, 0.2) is 5.84 Å². The molecule has 0 aliphatic carbocycles. The molecule has 3 heteroatoms. The van der Waals surface area contributed by atoms with Crippen LogP contribution in [0.2, 0.25) is 5.02 Å². The van der Waals surface area contributed by atoms with Crippen molar-refractivity contribution in [1.82, 2.24) is 0 Å². The summed E-state index contributed by atoms with van der Waals surface area (Å²) in [7, 11) is 0. The lowest BCUT2D eigenvalue weighted by atomic mass is 9.96. The average Bonchev–Trinajstić information content (AvgIpc) is 3.03. The molecule has 0 saturated heterocycles. The standard InChI is InChI=1S/C21H19ClN2/c1-5-9-15(7-3)19-20(16(8-4)10-6-2)24-21(23-19)17-11-13-18(22)14-12-17/h5-14,19H,1-4H2/b15-9+,16-10+. The Morgan fingerprint density at radius 2 is 1.62 bits per heavy atom. The Morgan fingerprint density at radius 3 is 2.17 bits per heavy atom. The number of amidine groups is 1. The molecule has 1 heterocycles. The molecule has 1 unspecified atom stereocenters. The minimum atomic E-state index is -0.254. The summed E-state index contributed by atoms with van der Waals surface area (Å²) in [4.78, 5) is 9.49. The molecule has 0 spiro atoms. The third-order valence-electron chi connectivity index (χ3n) is 3.51. The molecule has 120 valence electrons. The first kappa shape index (κ1) is 17.6. The summed E-state index contributed by atoms with van der Waals surface area (Å²) < 4.78 is 0. The topological polar surface area (TPSA) is 24.7 Å². The van der Waals surface area contributed by atoms with E-state index in [2.05, 4.69) is 26.3 Å². The summed E-state index contributed by atoms with van der Waals surface area (Å²) >= 11 is 5.96. The number of benzene rings is 1. The third-order valence-corrected chi connectivity index (χ3v) is 3.77. The van der Waals surface area contributed by atoms with Crippen LogP contribution in [0.5, 0.6) is 0 Å². The van der Waals surface area contributed by atoms with Crippen LogP contribution in [0.25, 0.3) is 0 Å². The Labute approximate surface area is 148 Å². The summed E-state index contributed by atoms with van der Waals surface area (Å²) in [5, 5.41) is 0.676. The van der Waals surface area contributed by atoms with Crippen LogP contribution in [0, 0.1) is 0 Å². The highest BCUT2D eigenvalue weighted by atomic mass is 35.5. The second-order valence-electron chi connectivity index (χ2n) is 5.03. The van der Waals surface area contributed by atoms with Gasteiger partial charge in [-0.15, -0.1) is 0 Å². The van der Waals surface area contributed by atoms with Gasteiger partial charge < -0.3 is 0 Å². The fourth-order valence-corrected chi connectivity index (χ4v) is 2.50. The largest absolute Gasteiger partial charge is 0.251 e. The molecule has 1 atom stereocenters. The van der Waals surface area contributed by atoms with Gasteiger partial charge in [-0.2, -0.15) is 0 Å². The summed E-state index contributed by atoms with van der Waals surface area (Å²) in [5.41, 5.74) is 3.51. The number of rotatable bonds is 7. The summed E-state index contributed by atoms with van der Waals surface area (Å²) in [6, 6.07) is 7.20. The first-order valence-corrected chi connectivity index (χ1v) is 7.85. The van der Waals surface area contributed by atoms with Crippen molar-refractivity contribution in [1.29, 1.82) is 0 Å². The Hall–Kier alpha value is -2.71. The van der Waals surface area contributed by atoms with Crippen molar-refractivity contribution in [2.45, 2.75) is 6.04 Å². The Bertz CT molecular complexity index is 790. The van der Waals surface area contributed by atoms with Crippen LogP contribution in [-0.4, -0.2) is 17.6 Å². The average molecular weight is 335 g/mol. The van der Waals surface area contributed by atoms with Gasteiger partial charge in [-0.1, -0.05) is 74.4 Å². The van der Waals surface area contributed by atoms with Crippen molar-refractivity contribution in [2.75, 3.05) is 0 Å². The van der Waals surface area contributed by atoms with Crippen LogP contribution in [0.3, 0.4) is 0 Å². The highest BCUT2D eigenvalue weighted by molar-refractivity contribution is 6.30. The number of nitrogens with zero attached hydrogens (tertiary/aromatic N) is 2. The number of aliphatic imine (C=N–C) groups is 2. The maximum atomic E-state index is 5.96. The maximum Gasteiger partial charge on any atom is 0.155 e. The second kappa shape index (κ2) is 8.23. The van der Waals surface area contributed by atoms with Crippen molar-refractivity contribution >= 4 is 23.1 Å². The molecule has 0 fully saturated rings. The van der Waals surface area contributed by atoms with Gasteiger partial charge in [-0.3, -0.25) is 4.99 Å². The Morgan fingerprint density at radius 1 is 0.958 bits per heavy atom. The predicted molar refractivity (Wildman–Crippen MR) is 106 cm³/mol. The molecule has 1 aliphatic rings. The molecule has 0 aromatic heterocycles. The molecule has 2 nitrogen and oxygen atoms in total. The molecule has 1 aromatic carbocycles. The van der Waals surface area contributed by atoms with E-state index in [0.717, 1.165) is 22.4 Å². The highest BCUT2D eigenvalue weighted by Gasteiger charge is 2.27. The minimum absolute atomic E-state index is 0.254. The highest BCUT2D eigenvalue weighted by Crippen LogP contribution is 2.24.